The Morgan fingerprint density at radius 2 is 2.11 bits per heavy atom. The summed E-state index contributed by atoms with van der Waals surface area (Å²) < 4.78 is 0. The zero-order valence-electron chi connectivity index (χ0n) is 11.0. The van der Waals surface area contributed by atoms with Crippen molar-refractivity contribution in [3.05, 3.63) is 0 Å². The molecule has 0 aromatic carbocycles. The number of carbonyl (C=O) groups excluding carboxylic acids is 2. The van der Waals surface area contributed by atoms with Gasteiger partial charge in [-0.2, -0.15) is 0 Å². The van der Waals surface area contributed by atoms with Gasteiger partial charge in [-0.1, -0.05) is 6.92 Å². The normalized spacial score (nSPS) is 20.5. The number of aliphatic carboxylic acids is 1. The number of nitrogens with zero attached hydrogens (tertiary/aromatic N) is 1. The Bertz CT molecular complexity index is 365. The Kier molecular flexibility index (Phi) is 4.32. The molecule has 0 spiro atoms. The van der Waals surface area contributed by atoms with Crippen LogP contribution in [0.2, 0.25) is 0 Å². The average Bonchev–Trinajstić information content (AvgIpc) is 2.27. The Balaban J connectivity index is 2.76. The Labute approximate surface area is 106 Å². The summed E-state index contributed by atoms with van der Waals surface area (Å²) >= 11 is 0. The molecular weight excluding hydrogens is 236 g/mol. The summed E-state index contributed by atoms with van der Waals surface area (Å²) in [5.74, 6) is -1.44. The predicted octanol–water partition coefficient (Wildman–Crippen LogP) is 0.224. The number of piperazine rings is 1. The first kappa shape index (κ1) is 14.5. The molecule has 1 unspecified atom stereocenters. The number of nitrogens with one attached hydrogen (secondary N) is 1. The third kappa shape index (κ3) is 3.00. The second-order valence-corrected chi connectivity index (χ2v) is 5.17. The maximum Gasteiger partial charge on any atom is 0.309 e. The van der Waals surface area contributed by atoms with E-state index >= 15 is 0 Å². The fourth-order valence-electron chi connectivity index (χ4n) is 1.97. The summed E-state index contributed by atoms with van der Waals surface area (Å²) in [4.78, 5) is 36.2. The molecule has 1 aliphatic heterocycles. The molecule has 0 bridgehead atoms. The van der Waals surface area contributed by atoms with Gasteiger partial charge in [-0.15, -0.1) is 0 Å². The molecule has 0 aromatic heterocycles. The number of hydrogen-bond donors (Lipinski definition) is 2. The molecule has 2 amide bonds. The molecule has 102 valence electrons. The van der Waals surface area contributed by atoms with Gasteiger partial charge < -0.3 is 15.3 Å². The van der Waals surface area contributed by atoms with Crippen LogP contribution in [0, 0.1) is 5.41 Å². The van der Waals surface area contributed by atoms with Crippen LogP contribution < -0.4 is 5.32 Å². The van der Waals surface area contributed by atoms with Crippen LogP contribution in [0.4, 0.5) is 0 Å². The third-order valence-corrected chi connectivity index (χ3v) is 3.21. The first-order valence-electron chi connectivity index (χ1n) is 6.10. The first-order valence-corrected chi connectivity index (χ1v) is 6.10. The summed E-state index contributed by atoms with van der Waals surface area (Å²) in [7, 11) is 0. The number of hydrogen-bond acceptors (Lipinski definition) is 3. The van der Waals surface area contributed by atoms with E-state index in [4.69, 9.17) is 5.11 Å². The molecule has 1 saturated heterocycles. The van der Waals surface area contributed by atoms with Gasteiger partial charge in [0, 0.05) is 19.5 Å². The molecular formula is C12H20N2O4. The molecule has 0 saturated carbocycles. The van der Waals surface area contributed by atoms with E-state index in [-0.39, 0.29) is 18.2 Å². The molecule has 1 rings (SSSR count). The molecule has 6 heteroatoms. The molecule has 1 atom stereocenters. The minimum Gasteiger partial charge on any atom is -0.481 e. The molecule has 2 N–H and O–H groups in total. The monoisotopic (exact) mass is 256 g/mol. The highest BCUT2D eigenvalue weighted by molar-refractivity contribution is 5.90. The van der Waals surface area contributed by atoms with Crippen LogP contribution in [-0.4, -0.2) is 46.9 Å². The van der Waals surface area contributed by atoms with Crippen molar-refractivity contribution in [1.29, 1.82) is 0 Å². The van der Waals surface area contributed by atoms with Crippen LogP contribution in [0.25, 0.3) is 0 Å². The molecule has 0 radical (unpaired) electrons. The van der Waals surface area contributed by atoms with E-state index in [0.717, 1.165) is 0 Å². The molecule has 1 heterocycles. The van der Waals surface area contributed by atoms with Crippen molar-refractivity contribution in [3.63, 3.8) is 0 Å². The number of carboxylic acid groups (broad SMARTS) is 1. The van der Waals surface area contributed by atoms with Crippen LogP contribution in [0.15, 0.2) is 0 Å². The van der Waals surface area contributed by atoms with E-state index in [1.54, 1.807) is 0 Å². The Morgan fingerprint density at radius 3 is 2.61 bits per heavy atom. The highest BCUT2D eigenvalue weighted by Gasteiger charge is 2.36. The van der Waals surface area contributed by atoms with Crippen molar-refractivity contribution < 1.29 is 19.5 Å². The number of amides is 2. The summed E-state index contributed by atoms with van der Waals surface area (Å²) in [6.07, 6.45) is 0.442. The fourth-order valence-corrected chi connectivity index (χ4v) is 1.97. The van der Waals surface area contributed by atoms with Crippen molar-refractivity contribution in [3.8, 4) is 0 Å². The SMILES string of the molecule is CCC1C(=O)NCCN1C(=O)CC(C)(C)C(=O)O. The summed E-state index contributed by atoms with van der Waals surface area (Å²) in [5.41, 5.74) is -1.11. The fraction of sp³-hybridized carbons (Fsp3) is 0.750. The lowest BCUT2D eigenvalue weighted by Crippen LogP contribution is -2.57. The van der Waals surface area contributed by atoms with Crippen molar-refractivity contribution in [2.45, 2.75) is 39.7 Å². The van der Waals surface area contributed by atoms with Gasteiger partial charge in [0.25, 0.3) is 0 Å². The predicted molar refractivity (Wildman–Crippen MR) is 64.8 cm³/mol. The highest BCUT2D eigenvalue weighted by atomic mass is 16.4. The zero-order valence-corrected chi connectivity index (χ0v) is 11.0. The van der Waals surface area contributed by atoms with E-state index in [1.165, 1.54) is 18.7 Å². The highest BCUT2D eigenvalue weighted by Crippen LogP contribution is 2.23. The van der Waals surface area contributed by atoms with Gasteiger partial charge in [0.2, 0.25) is 11.8 Å². The second kappa shape index (κ2) is 5.37. The number of carbonyl (C=O) groups is 3. The van der Waals surface area contributed by atoms with E-state index in [2.05, 4.69) is 5.32 Å². The van der Waals surface area contributed by atoms with E-state index in [0.29, 0.717) is 19.5 Å². The molecule has 0 aliphatic carbocycles. The van der Waals surface area contributed by atoms with Crippen molar-refractivity contribution >= 4 is 17.8 Å². The lowest BCUT2D eigenvalue weighted by atomic mass is 9.88. The number of rotatable bonds is 4. The van der Waals surface area contributed by atoms with Gasteiger partial charge >= 0.3 is 5.97 Å². The Hall–Kier alpha value is -1.59. The van der Waals surface area contributed by atoms with Gasteiger partial charge in [0.15, 0.2) is 0 Å². The van der Waals surface area contributed by atoms with Crippen LogP contribution in [0.5, 0.6) is 0 Å². The minimum absolute atomic E-state index is 0.0912. The lowest BCUT2D eigenvalue weighted by Gasteiger charge is -2.36. The van der Waals surface area contributed by atoms with Gasteiger partial charge in [0.1, 0.15) is 6.04 Å². The maximum absolute atomic E-state index is 12.1. The van der Waals surface area contributed by atoms with E-state index in [9.17, 15) is 14.4 Å². The van der Waals surface area contributed by atoms with Crippen LogP contribution in [0.1, 0.15) is 33.6 Å². The van der Waals surface area contributed by atoms with Gasteiger partial charge in [-0.25, -0.2) is 0 Å². The Morgan fingerprint density at radius 1 is 1.50 bits per heavy atom. The summed E-state index contributed by atoms with van der Waals surface area (Å²) in [6, 6.07) is -0.476. The van der Waals surface area contributed by atoms with E-state index < -0.39 is 17.4 Å². The minimum atomic E-state index is -1.11. The molecule has 1 aliphatic rings. The summed E-state index contributed by atoms with van der Waals surface area (Å²) in [6.45, 7) is 5.72. The second-order valence-electron chi connectivity index (χ2n) is 5.17. The maximum atomic E-state index is 12.1. The van der Waals surface area contributed by atoms with Crippen molar-refractivity contribution in [2.75, 3.05) is 13.1 Å². The topological polar surface area (TPSA) is 86.7 Å². The lowest BCUT2D eigenvalue weighted by molar-refractivity contribution is -0.153. The van der Waals surface area contributed by atoms with Gasteiger partial charge in [0.05, 0.1) is 5.41 Å². The standard InChI is InChI=1S/C12H20N2O4/c1-4-8-10(16)13-5-6-14(8)9(15)7-12(2,3)11(17)18/h8H,4-7H2,1-3H3,(H,13,16)(H,17,18). The zero-order chi connectivity index (χ0) is 13.9. The molecule has 18 heavy (non-hydrogen) atoms. The van der Waals surface area contributed by atoms with Gasteiger partial charge in [-0.05, 0) is 20.3 Å². The smallest absolute Gasteiger partial charge is 0.309 e. The quantitative estimate of drug-likeness (QED) is 0.753. The average molecular weight is 256 g/mol. The first-order chi connectivity index (χ1) is 8.29. The van der Waals surface area contributed by atoms with Crippen molar-refractivity contribution in [1.82, 2.24) is 10.2 Å². The third-order valence-electron chi connectivity index (χ3n) is 3.21. The largest absolute Gasteiger partial charge is 0.481 e. The molecule has 1 fully saturated rings. The molecule has 6 nitrogen and oxygen atoms in total. The van der Waals surface area contributed by atoms with Crippen LogP contribution in [0.3, 0.4) is 0 Å². The van der Waals surface area contributed by atoms with Crippen LogP contribution >= 0.6 is 0 Å². The van der Waals surface area contributed by atoms with Gasteiger partial charge in [-0.3, -0.25) is 14.4 Å². The summed E-state index contributed by atoms with van der Waals surface area (Å²) in [5, 5.41) is 11.7. The number of carboxylic acids is 1. The van der Waals surface area contributed by atoms with Crippen LogP contribution in [-0.2, 0) is 14.4 Å². The van der Waals surface area contributed by atoms with Crippen molar-refractivity contribution in [2.24, 2.45) is 5.41 Å². The van der Waals surface area contributed by atoms with E-state index in [1.807, 2.05) is 6.92 Å². The molecule has 0 aromatic rings.